The number of amides is 1. The molecule has 1 rings (SSSR count). The van der Waals surface area contributed by atoms with E-state index in [1.165, 1.54) is 0 Å². The van der Waals surface area contributed by atoms with Crippen LogP contribution in [0.3, 0.4) is 0 Å². The lowest BCUT2D eigenvalue weighted by Crippen LogP contribution is -2.33. The van der Waals surface area contributed by atoms with Crippen molar-refractivity contribution in [3.05, 3.63) is 35.4 Å². The first-order valence-corrected chi connectivity index (χ1v) is 6.99. The molecule has 0 saturated carbocycles. The minimum absolute atomic E-state index is 0.191. The summed E-state index contributed by atoms with van der Waals surface area (Å²) in [5.74, 6) is 4.96. The van der Waals surface area contributed by atoms with Gasteiger partial charge in [0.1, 0.15) is 0 Å². The minimum atomic E-state index is -0.191. The van der Waals surface area contributed by atoms with Crippen LogP contribution in [0.2, 0.25) is 0 Å². The van der Waals surface area contributed by atoms with E-state index >= 15 is 0 Å². The number of aliphatic hydroxyl groups is 1. The monoisotopic (exact) mass is 279 g/mol. The standard InChI is InChI=1S/C15H25N3O2/c1-12(2)18(8-5-9-19)11-14-7-4-3-6-13(14)10-15(20)17-16/h3-4,6-7,12,19H,5,8-11,16H2,1-2H3,(H,17,20). The van der Waals surface area contributed by atoms with E-state index in [1.54, 1.807) is 0 Å². The quantitative estimate of drug-likeness (QED) is 0.374. The molecule has 1 aromatic rings. The predicted octanol–water partition coefficient (Wildman–Crippen LogP) is 0.812. The fourth-order valence-corrected chi connectivity index (χ4v) is 2.12. The normalized spacial score (nSPS) is 11.1. The van der Waals surface area contributed by atoms with Crippen LogP contribution in [0.1, 0.15) is 31.4 Å². The zero-order valence-corrected chi connectivity index (χ0v) is 12.3. The second kappa shape index (κ2) is 8.68. The summed E-state index contributed by atoms with van der Waals surface area (Å²) in [5, 5.41) is 8.97. The summed E-state index contributed by atoms with van der Waals surface area (Å²) < 4.78 is 0. The Balaban J connectivity index is 2.80. The second-order valence-corrected chi connectivity index (χ2v) is 5.15. The Labute approximate surface area is 120 Å². The molecule has 5 nitrogen and oxygen atoms in total. The fraction of sp³-hybridized carbons (Fsp3) is 0.533. The van der Waals surface area contributed by atoms with Crippen LogP contribution in [0, 0.1) is 0 Å². The van der Waals surface area contributed by atoms with Crippen LogP contribution >= 0.6 is 0 Å². The molecule has 0 atom stereocenters. The lowest BCUT2D eigenvalue weighted by molar-refractivity contribution is -0.120. The summed E-state index contributed by atoms with van der Waals surface area (Å²) >= 11 is 0. The van der Waals surface area contributed by atoms with Crippen molar-refractivity contribution in [3.63, 3.8) is 0 Å². The smallest absolute Gasteiger partial charge is 0.238 e. The molecule has 0 aliphatic carbocycles. The number of hydrogen-bond donors (Lipinski definition) is 3. The molecule has 0 bridgehead atoms. The van der Waals surface area contributed by atoms with Crippen molar-refractivity contribution in [2.45, 2.75) is 39.3 Å². The Bertz CT molecular complexity index is 421. The Morgan fingerprint density at radius 1 is 1.35 bits per heavy atom. The number of carbonyl (C=O) groups excluding carboxylic acids is 1. The lowest BCUT2D eigenvalue weighted by Gasteiger charge is -2.27. The molecule has 0 unspecified atom stereocenters. The molecule has 0 radical (unpaired) electrons. The Kier molecular flexibility index (Phi) is 7.22. The van der Waals surface area contributed by atoms with Gasteiger partial charge in [0, 0.05) is 25.7 Å². The number of nitrogens with two attached hydrogens (primary N) is 1. The second-order valence-electron chi connectivity index (χ2n) is 5.15. The van der Waals surface area contributed by atoms with E-state index in [4.69, 9.17) is 10.9 Å². The molecule has 0 aliphatic heterocycles. The van der Waals surface area contributed by atoms with Gasteiger partial charge >= 0.3 is 0 Å². The van der Waals surface area contributed by atoms with E-state index in [0.29, 0.717) is 12.5 Å². The average molecular weight is 279 g/mol. The summed E-state index contributed by atoms with van der Waals surface area (Å²) in [6.07, 6.45) is 1.04. The Morgan fingerprint density at radius 3 is 2.55 bits per heavy atom. The molecule has 4 N–H and O–H groups in total. The number of aliphatic hydroxyl groups excluding tert-OH is 1. The van der Waals surface area contributed by atoms with Gasteiger partial charge in [-0.3, -0.25) is 15.1 Å². The van der Waals surface area contributed by atoms with Crippen LogP contribution in [-0.2, 0) is 17.8 Å². The van der Waals surface area contributed by atoms with Crippen molar-refractivity contribution in [1.82, 2.24) is 10.3 Å². The third-order valence-corrected chi connectivity index (χ3v) is 3.34. The van der Waals surface area contributed by atoms with Crippen LogP contribution in [-0.4, -0.2) is 35.1 Å². The number of nitrogens with one attached hydrogen (secondary N) is 1. The van der Waals surface area contributed by atoms with E-state index in [1.807, 2.05) is 24.3 Å². The first kappa shape index (κ1) is 16.6. The van der Waals surface area contributed by atoms with Crippen LogP contribution in [0.5, 0.6) is 0 Å². The molecular formula is C15H25N3O2. The topological polar surface area (TPSA) is 78.6 Å². The number of rotatable bonds is 8. The largest absolute Gasteiger partial charge is 0.396 e. The van der Waals surface area contributed by atoms with Gasteiger partial charge in [0.2, 0.25) is 5.91 Å². The SMILES string of the molecule is CC(C)N(CCCO)Cc1ccccc1CC(=O)NN. The van der Waals surface area contributed by atoms with Gasteiger partial charge in [-0.15, -0.1) is 0 Å². The van der Waals surface area contributed by atoms with Crippen molar-refractivity contribution in [3.8, 4) is 0 Å². The molecule has 1 aromatic carbocycles. The lowest BCUT2D eigenvalue weighted by atomic mass is 10.0. The summed E-state index contributed by atoms with van der Waals surface area (Å²) in [6, 6.07) is 8.28. The van der Waals surface area contributed by atoms with E-state index in [-0.39, 0.29) is 12.5 Å². The fourth-order valence-electron chi connectivity index (χ4n) is 2.12. The number of carbonyl (C=O) groups is 1. The molecule has 0 saturated heterocycles. The van der Waals surface area contributed by atoms with Crippen molar-refractivity contribution < 1.29 is 9.90 Å². The van der Waals surface area contributed by atoms with Gasteiger partial charge in [-0.1, -0.05) is 24.3 Å². The molecule has 0 spiro atoms. The molecular weight excluding hydrogens is 254 g/mol. The Morgan fingerprint density at radius 2 is 2.00 bits per heavy atom. The molecule has 5 heteroatoms. The summed E-state index contributed by atoms with van der Waals surface area (Å²) in [4.78, 5) is 13.7. The predicted molar refractivity (Wildman–Crippen MR) is 79.7 cm³/mol. The molecule has 20 heavy (non-hydrogen) atoms. The average Bonchev–Trinajstić information content (AvgIpc) is 2.44. The first-order chi connectivity index (χ1) is 9.58. The van der Waals surface area contributed by atoms with Crippen molar-refractivity contribution in [2.24, 2.45) is 5.84 Å². The maximum Gasteiger partial charge on any atom is 0.238 e. The van der Waals surface area contributed by atoms with Gasteiger partial charge < -0.3 is 5.11 Å². The van der Waals surface area contributed by atoms with Crippen LogP contribution in [0.15, 0.2) is 24.3 Å². The van der Waals surface area contributed by atoms with Crippen LogP contribution < -0.4 is 11.3 Å². The van der Waals surface area contributed by atoms with E-state index in [0.717, 1.165) is 30.6 Å². The highest BCUT2D eigenvalue weighted by Gasteiger charge is 2.13. The maximum atomic E-state index is 11.4. The number of nitrogens with zero attached hydrogens (tertiary/aromatic N) is 1. The van der Waals surface area contributed by atoms with Gasteiger partial charge in [0.15, 0.2) is 0 Å². The molecule has 0 aromatic heterocycles. The van der Waals surface area contributed by atoms with Crippen molar-refractivity contribution in [1.29, 1.82) is 0 Å². The van der Waals surface area contributed by atoms with Gasteiger partial charge in [-0.2, -0.15) is 0 Å². The van der Waals surface area contributed by atoms with Gasteiger partial charge in [0.25, 0.3) is 0 Å². The van der Waals surface area contributed by atoms with Crippen LogP contribution in [0.4, 0.5) is 0 Å². The molecule has 112 valence electrons. The number of hydrazine groups is 1. The summed E-state index contributed by atoms with van der Waals surface area (Å²) in [5.41, 5.74) is 4.28. The van der Waals surface area contributed by atoms with Crippen molar-refractivity contribution >= 4 is 5.91 Å². The first-order valence-electron chi connectivity index (χ1n) is 6.99. The number of hydrogen-bond acceptors (Lipinski definition) is 4. The third kappa shape index (κ3) is 5.28. The maximum absolute atomic E-state index is 11.4. The highest BCUT2D eigenvalue weighted by atomic mass is 16.3. The van der Waals surface area contributed by atoms with Gasteiger partial charge in [0.05, 0.1) is 6.42 Å². The van der Waals surface area contributed by atoms with Gasteiger partial charge in [-0.05, 0) is 31.4 Å². The minimum Gasteiger partial charge on any atom is -0.396 e. The van der Waals surface area contributed by atoms with E-state index in [2.05, 4.69) is 24.2 Å². The third-order valence-electron chi connectivity index (χ3n) is 3.34. The van der Waals surface area contributed by atoms with Crippen molar-refractivity contribution in [2.75, 3.05) is 13.2 Å². The summed E-state index contributed by atoms with van der Waals surface area (Å²) in [7, 11) is 0. The zero-order valence-electron chi connectivity index (χ0n) is 12.3. The number of benzene rings is 1. The Hall–Kier alpha value is -1.43. The summed E-state index contributed by atoms with van der Waals surface area (Å²) in [6.45, 7) is 6.07. The highest BCUT2D eigenvalue weighted by molar-refractivity contribution is 5.78. The zero-order chi connectivity index (χ0) is 15.0. The molecule has 1 amide bonds. The van der Waals surface area contributed by atoms with E-state index in [9.17, 15) is 4.79 Å². The van der Waals surface area contributed by atoms with E-state index < -0.39 is 0 Å². The molecule has 0 aliphatic rings. The molecule has 0 fully saturated rings. The highest BCUT2D eigenvalue weighted by Crippen LogP contribution is 2.14. The molecule has 0 heterocycles. The van der Waals surface area contributed by atoms with Crippen LogP contribution in [0.25, 0.3) is 0 Å². The van der Waals surface area contributed by atoms with Gasteiger partial charge in [-0.25, -0.2) is 5.84 Å².